The molecule has 3 aromatic rings. The lowest BCUT2D eigenvalue weighted by Gasteiger charge is -2.18. The Morgan fingerprint density at radius 3 is 2.65 bits per heavy atom. The van der Waals surface area contributed by atoms with Gasteiger partial charge in [-0.3, -0.25) is 4.79 Å². The van der Waals surface area contributed by atoms with Gasteiger partial charge in [0, 0.05) is 36.9 Å². The normalized spacial score (nSPS) is 18.1. The molecule has 158 valence electrons. The standard InChI is InChI=1S/C22H22ClN7O/c23-15-3-6-20(26-9-15)30-8-7-16(12-30)28-22(31)21-19(27-17-10-24-13-25-11-17)5-4-18(29-21)14-1-2-14/h3-6,9-11,13-14,16,27H,1-2,7-8,12H2,(H,28,31)/t16-/m1/s1. The van der Waals surface area contributed by atoms with Crippen LogP contribution < -0.4 is 15.5 Å². The van der Waals surface area contributed by atoms with Crippen LogP contribution in [0.2, 0.25) is 5.02 Å². The van der Waals surface area contributed by atoms with E-state index in [-0.39, 0.29) is 11.9 Å². The van der Waals surface area contributed by atoms with Crippen LogP contribution in [-0.4, -0.2) is 45.0 Å². The number of halogens is 1. The summed E-state index contributed by atoms with van der Waals surface area (Å²) in [6.07, 6.45) is 9.52. The van der Waals surface area contributed by atoms with E-state index < -0.39 is 0 Å². The number of hydrogen-bond acceptors (Lipinski definition) is 7. The van der Waals surface area contributed by atoms with Gasteiger partial charge in [-0.1, -0.05) is 11.6 Å². The fourth-order valence-electron chi connectivity index (χ4n) is 3.77. The highest BCUT2D eigenvalue weighted by atomic mass is 35.5. The van der Waals surface area contributed by atoms with Crippen LogP contribution in [0.4, 0.5) is 17.2 Å². The second-order valence-electron chi connectivity index (χ2n) is 7.90. The van der Waals surface area contributed by atoms with Crippen LogP contribution in [0.15, 0.2) is 49.2 Å². The first kappa shape index (κ1) is 19.7. The lowest BCUT2D eigenvalue weighted by atomic mass is 10.2. The highest BCUT2D eigenvalue weighted by Gasteiger charge is 2.29. The third kappa shape index (κ3) is 4.59. The molecule has 1 saturated heterocycles. The number of hydrogen-bond donors (Lipinski definition) is 2. The second-order valence-corrected chi connectivity index (χ2v) is 8.33. The summed E-state index contributed by atoms with van der Waals surface area (Å²) in [6, 6.07) is 7.65. The summed E-state index contributed by atoms with van der Waals surface area (Å²) in [7, 11) is 0. The van der Waals surface area contributed by atoms with Crippen molar-refractivity contribution in [3.8, 4) is 0 Å². The molecule has 5 rings (SSSR count). The van der Waals surface area contributed by atoms with Crippen molar-refractivity contribution in [2.45, 2.75) is 31.2 Å². The first-order valence-electron chi connectivity index (χ1n) is 10.4. The minimum Gasteiger partial charge on any atom is -0.354 e. The number of carbonyl (C=O) groups is 1. The fourth-order valence-corrected chi connectivity index (χ4v) is 3.88. The molecule has 1 atom stereocenters. The highest BCUT2D eigenvalue weighted by Crippen LogP contribution is 2.39. The zero-order valence-corrected chi connectivity index (χ0v) is 17.6. The molecule has 1 aliphatic carbocycles. The van der Waals surface area contributed by atoms with Gasteiger partial charge in [0.25, 0.3) is 5.91 Å². The number of aromatic nitrogens is 4. The van der Waals surface area contributed by atoms with E-state index in [4.69, 9.17) is 16.6 Å². The minimum atomic E-state index is -0.183. The monoisotopic (exact) mass is 435 g/mol. The van der Waals surface area contributed by atoms with Gasteiger partial charge in [-0.05, 0) is 43.5 Å². The first-order valence-corrected chi connectivity index (χ1v) is 10.7. The van der Waals surface area contributed by atoms with Crippen molar-refractivity contribution in [3.63, 3.8) is 0 Å². The van der Waals surface area contributed by atoms with Gasteiger partial charge >= 0.3 is 0 Å². The Kier molecular flexibility index (Phi) is 5.38. The van der Waals surface area contributed by atoms with Crippen molar-refractivity contribution >= 4 is 34.7 Å². The number of nitrogens with one attached hydrogen (secondary N) is 2. The van der Waals surface area contributed by atoms with Crippen molar-refractivity contribution in [2.75, 3.05) is 23.3 Å². The van der Waals surface area contributed by atoms with Gasteiger partial charge in [-0.25, -0.2) is 19.9 Å². The first-order chi connectivity index (χ1) is 15.2. The zero-order chi connectivity index (χ0) is 21.2. The van der Waals surface area contributed by atoms with Crippen LogP contribution in [0.5, 0.6) is 0 Å². The summed E-state index contributed by atoms with van der Waals surface area (Å²) >= 11 is 5.94. The maximum atomic E-state index is 13.2. The van der Waals surface area contributed by atoms with Crippen LogP contribution in [0, 0.1) is 0 Å². The highest BCUT2D eigenvalue weighted by molar-refractivity contribution is 6.30. The van der Waals surface area contributed by atoms with Crippen LogP contribution in [0.1, 0.15) is 41.4 Å². The van der Waals surface area contributed by atoms with Gasteiger partial charge in [0.2, 0.25) is 0 Å². The molecule has 0 unspecified atom stereocenters. The third-order valence-electron chi connectivity index (χ3n) is 5.53. The van der Waals surface area contributed by atoms with Crippen molar-refractivity contribution in [2.24, 2.45) is 0 Å². The predicted molar refractivity (Wildman–Crippen MR) is 119 cm³/mol. The Hall–Kier alpha value is -3.26. The smallest absolute Gasteiger partial charge is 0.272 e. The maximum absolute atomic E-state index is 13.2. The lowest BCUT2D eigenvalue weighted by Crippen LogP contribution is -2.38. The van der Waals surface area contributed by atoms with Crippen LogP contribution >= 0.6 is 11.6 Å². The number of pyridine rings is 2. The Morgan fingerprint density at radius 1 is 1.06 bits per heavy atom. The van der Waals surface area contributed by atoms with E-state index in [1.807, 2.05) is 24.3 Å². The van der Waals surface area contributed by atoms with Gasteiger partial charge in [-0.15, -0.1) is 0 Å². The molecule has 2 fully saturated rings. The molecule has 0 radical (unpaired) electrons. The van der Waals surface area contributed by atoms with Crippen LogP contribution in [-0.2, 0) is 0 Å². The quantitative estimate of drug-likeness (QED) is 0.611. The molecule has 8 nitrogen and oxygen atoms in total. The van der Waals surface area contributed by atoms with Crippen LogP contribution in [0.3, 0.4) is 0 Å². The Morgan fingerprint density at radius 2 is 1.90 bits per heavy atom. The molecule has 2 aliphatic rings. The fraction of sp³-hybridized carbons (Fsp3) is 0.318. The summed E-state index contributed by atoms with van der Waals surface area (Å²) in [5.74, 6) is 1.14. The summed E-state index contributed by atoms with van der Waals surface area (Å²) < 4.78 is 0. The summed E-state index contributed by atoms with van der Waals surface area (Å²) in [5, 5.41) is 6.98. The van der Waals surface area contributed by atoms with E-state index in [1.165, 1.54) is 6.33 Å². The average molecular weight is 436 g/mol. The Labute approximate surface area is 185 Å². The third-order valence-corrected chi connectivity index (χ3v) is 5.75. The van der Waals surface area contributed by atoms with Crippen LogP contribution in [0.25, 0.3) is 0 Å². The lowest BCUT2D eigenvalue weighted by molar-refractivity contribution is 0.0936. The van der Waals surface area contributed by atoms with Gasteiger partial charge in [0.05, 0.1) is 28.8 Å². The van der Waals surface area contributed by atoms with Crippen molar-refractivity contribution in [3.05, 3.63) is 65.6 Å². The van der Waals surface area contributed by atoms with E-state index in [0.717, 1.165) is 37.3 Å². The molecule has 2 N–H and O–H groups in total. The minimum absolute atomic E-state index is 0.0178. The van der Waals surface area contributed by atoms with Crippen molar-refractivity contribution in [1.82, 2.24) is 25.3 Å². The zero-order valence-electron chi connectivity index (χ0n) is 16.8. The number of rotatable bonds is 6. The molecule has 1 aliphatic heterocycles. The van der Waals surface area contributed by atoms with E-state index in [2.05, 4.69) is 30.5 Å². The van der Waals surface area contributed by atoms with Gasteiger partial charge < -0.3 is 15.5 Å². The summed E-state index contributed by atoms with van der Waals surface area (Å²) in [6.45, 7) is 1.51. The number of carbonyl (C=O) groups excluding carboxylic acids is 1. The van der Waals surface area contributed by atoms with E-state index in [9.17, 15) is 4.79 Å². The van der Waals surface area contributed by atoms with Crippen molar-refractivity contribution < 1.29 is 4.79 Å². The molecule has 1 saturated carbocycles. The number of amides is 1. The Bertz CT molecular complexity index is 1070. The topological polar surface area (TPSA) is 95.9 Å². The van der Waals surface area contributed by atoms with Crippen molar-refractivity contribution in [1.29, 1.82) is 0 Å². The van der Waals surface area contributed by atoms with E-state index in [0.29, 0.717) is 34.6 Å². The summed E-state index contributed by atoms with van der Waals surface area (Å²) in [5.41, 5.74) is 2.72. The van der Waals surface area contributed by atoms with E-state index >= 15 is 0 Å². The molecule has 0 aromatic carbocycles. The average Bonchev–Trinajstić information content (AvgIpc) is 3.54. The molecular weight excluding hydrogens is 414 g/mol. The predicted octanol–water partition coefficient (Wildman–Crippen LogP) is 3.55. The SMILES string of the molecule is O=C(N[C@@H]1CCN(c2ccc(Cl)cn2)C1)c1nc(C2CC2)ccc1Nc1cncnc1. The van der Waals surface area contributed by atoms with Gasteiger partial charge in [0.1, 0.15) is 12.1 Å². The van der Waals surface area contributed by atoms with Gasteiger partial charge in [0.15, 0.2) is 5.69 Å². The summed E-state index contributed by atoms with van der Waals surface area (Å²) in [4.78, 5) is 32.5. The molecule has 0 spiro atoms. The molecule has 31 heavy (non-hydrogen) atoms. The molecule has 4 heterocycles. The molecular formula is C22H22ClN7O. The largest absolute Gasteiger partial charge is 0.354 e. The number of nitrogens with zero attached hydrogens (tertiary/aromatic N) is 5. The molecule has 3 aromatic heterocycles. The molecule has 1 amide bonds. The van der Waals surface area contributed by atoms with E-state index in [1.54, 1.807) is 18.6 Å². The number of anilines is 3. The molecule has 0 bridgehead atoms. The maximum Gasteiger partial charge on any atom is 0.272 e. The molecule has 9 heteroatoms. The van der Waals surface area contributed by atoms with Gasteiger partial charge in [-0.2, -0.15) is 0 Å². The second kappa shape index (κ2) is 8.47. The Balaban J connectivity index is 1.32.